The van der Waals surface area contributed by atoms with Gasteiger partial charge in [-0.15, -0.1) is 0 Å². The molecule has 0 fully saturated rings. The minimum atomic E-state index is -4.64. The molecule has 0 saturated heterocycles. The summed E-state index contributed by atoms with van der Waals surface area (Å²) in [5.74, 6) is -0.710. The largest absolute Gasteiger partial charge is 1.00 e. The third-order valence-electron chi connectivity index (χ3n) is 2.83. The fourth-order valence-corrected chi connectivity index (χ4v) is 2.39. The normalized spacial score (nSPS) is 10.8. The quantitative estimate of drug-likeness (QED) is 0.219. The molecule has 112 valence electrons. The molecule has 0 heterocycles. The third kappa shape index (κ3) is 7.97. The first-order valence-electron chi connectivity index (χ1n) is 6.70. The zero-order chi connectivity index (χ0) is 15.0. The van der Waals surface area contributed by atoms with Gasteiger partial charge in [-0.05, 0) is 18.6 Å². The molecule has 0 bridgehead atoms. The number of carbonyl (C=O) groups is 1. The molecule has 1 rings (SSSR count). The molecule has 0 radical (unpaired) electrons. The molecule has 1 aromatic carbocycles. The second-order valence-corrected chi connectivity index (χ2v) is 5.89. The number of ether oxygens (including phenoxy) is 1. The van der Waals surface area contributed by atoms with Crippen LogP contribution in [0, 0.1) is 0 Å². The molecule has 7 heteroatoms. The molecular weight excluding hydrogens is 303 g/mol. The van der Waals surface area contributed by atoms with E-state index in [4.69, 9.17) is 4.74 Å². The van der Waals surface area contributed by atoms with Gasteiger partial charge >= 0.3 is 35.5 Å². The monoisotopic (exact) mass is 322 g/mol. The van der Waals surface area contributed by atoms with Crippen molar-refractivity contribution in [3.05, 3.63) is 24.3 Å². The molecule has 0 unspecified atom stereocenters. The van der Waals surface area contributed by atoms with E-state index in [1.54, 1.807) is 0 Å². The minimum Gasteiger partial charge on any atom is -0.744 e. The smallest absolute Gasteiger partial charge is 0.744 e. The van der Waals surface area contributed by atoms with Crippen LogP contribution >= 0.6 is 0 Å². The van der Waals surface area contributed by atoms with Crippen LogP contribution in [0.2, 0.25) is 0 Å². The van der Waals surface area contributed by atoms with Gasteiger partial charge in [-0.25, -0.2) is 8.42 Å². The molecule has 1 aromatic rings. The van der Waals surface area contributed by atoms with E-state index in [1.807, 2.05) is 0 Å². The van der Waals surface area contributed by atoms with Crippen molar-refractivity contribution in [2.45, 2.75) is 50.3 Å². The SMILES string of the molecule is CCCCCCCC(=O)Oc1ccccc1S(=O)(=O)[O-].[Na+]. The molecule has 5 nitrogen and oxygen atoms in total. The number of esters is 1. The van der Waals surface area contributed by atoms with Crippen LogP contribution in [-0.2, 0) is 14.9 Å². The first kappa shape index (κ1) is 20.6. The van der Waals surface area contributed by atoms with Gasteiger partial charge in [-0.2, -0.15) is 0 Å². The van der Waals surface area contributed by atoms with Gasteiger partial charge in [0.15, 0.2) is 0 Å². The number of rotatable bonds is 8. The van der Waals surface area contributed by atoms with Gasteiger partial charge in [0.1, 0.15) is 15.9 Å². The molecular formula is C14H19NaO5S. The van der Waals surface area contributed by atoms with E-state index < -0.39 is 21.0 Å². The second-order valence-electron chi connectivity index (χ2n) is 4.54. The molecule has 0 spiro atoms. The Balaban J connectivity index is 0.00000400. The number of hydrogen-bond donors (Lipinski definition) is 0. The van der Waals surface area contributed by atoms with E-state index in [-0.39, 0.29) is 41.7 Å². The third-order valence-corrected chi connectivity index (χ3v) is 3.70. The maximum atomic E-state index is 11.6. The van der Waals surface area contributed by atoms with Crippen LogP contribution in [0.3, 0.4) is 0 Å². The zero-order valence-electron chi connectivity index (χ0n) is 12.5. The van der Waals surface area contributed by atoms with E-state index in [2.05, 4.69) is 6.92 Å². The van der Waals surface area contributed by atoms with Crippen LogP contribution in [-0.4, -0.2) is 18.9 Å². The molecule has 0 saturated carbocycles. The van der Waals surface area contributed by atoms with E-state index in [0.717, 1.165) is 31.7 Å². The van der Waals surface area contributed by atoms with Crippen molar-refractivity contribution in [1.82, 2.24) is 0 Å². The van der Waals surface area contributed by atoms with Crippen molar-refractivity contribution in [1.29, 1.82) is 0 Å². The molecule has 21 heavy (non-hydrogen) atoms. The van der Waals surface area contributed by atoms with Crippen molar-refractivity contribution in [2.75, 3.05) is 0 Å². The maximum absolute atomic E-state index is 11.6. The van der Waals surface area contributed by atoms with E-state index in [9.17, 15) is 17.8 Å². The number of hydrogen-bond acceptors (Lipinski definition) is 5. The molecule has 0 aliphatic heterocycles. The molecule has 0 amide bonds. The number of para-hydroxylation sites is 1. The first-order chi connectivity index (χ1) is 9.45. The molecule has 0 aliphatic carbocycles. The Kier molecular flexibility index (Phi) is 10.1. The molecule has 0 N–H and O–H groups in total. The molecule has 0 aromatic heterocycles. The minimum absolute atomic E-state index is 0. The Morgan fingerprint density at radius 2 is 1.76 bits per heavy atom. The van der Waals surface area contributed by atoms with Gasteiger partial charge in [0.2, 0.25) is 0 Å². The Labute approximate surface area is 148 Å². The summed E-state index contributed by atoms with van der Waals surface area (Å²) in [6, 6.07) is 5.36. The Hall–Kier alpha value is -0.400. The summed E-state index contributed by atoms with van der Waals surface area (Å²) in [4.78, 5) is 11.1. The fraction of sp³-hybridized carbons (Fsp3) is 0.500. The number of unbranched alkanes of at least 4 members (excludes halogenated alkanes) is 4. The molecule has 0 aliphatic rings. The second kappa shape index (κ2) is 10.3. The van der Waals surface area contributed by atoms with Gasteiger partial charge in [-0.3, -0.25) is 4.79 Å². The summed E-state index contributed by atoms with van der Waals surface area (Å²) < 4.78 is 38.0. The van der Waals surface area contributed by atoms with Crippen LogP contribution in [0.4, 0.5) is 0 Å². The van der Waals surface area contributed by atoms with Gasteiger partial charge in [0.25, 0.3) is 0 Å². The van der Waals surface area contributed by atoms with Gasteiger partial charge in [0, 0.05) is 6.42 Å². The van der Waals surface area contributed by atoms with Crippen LogP contribution < -0.4 is 34.3 Å². The van der Waals surface area contributed by atoms with Crippen molar-refractivity contribution < 1.29 is 52.1 Å². The Morgan fingerprint density at radius 1 is 1.14 bits per heavy atom. The van der Waals surface area contributed by atoms with Gasteiger partial charge in [0.05, 0.1) is 4.90 Å². The molecule has 0 atom stereocenters. The summed E-state index contributed by atoms with van der Waals surface area (Å²) >= 11 is 0. The predicted molar refractivity (Wildman–Crippen MR) is 73.4 cm³/mol. The Bertz CT molecular complexity index is 542. The van der Waals surface area contributed by atoms with Crippen molar-refractivity contribution >= 4 is 16.1 Å². The van der Waals surface area contributed by atoms with E-state index in [0.29, 0.717) is 6.42 Å². The fourth-order valence-electron chi connectivity index (χ4n) is 1.79. The van der Waals surface area contributed by atoms with Crippen LogP contribution in [0.25, 0.3) is 0 Å². The van der Waals surface area contributed by atoms with Crippen LogP contribution in [0.15, 0.2) is 29.2 Å². The Morgan fingerprint density at radius 3 is 2.38 bits per heavy atom. The summed E-state index contributed by atoms with van der Waals surface area (Å²) in [6.45, 7) is 2.11. The topological polar surface area (TPSA) is 83.5 Å². The van der Waals surface area contributed by atoms with Crippen molar-refractivity contribution in [3.63, 3.8) is 0 Å². The summed E-state index contributed by atoms with van der Waals surface area (Å²) in [6.07, 6.45) is 5.17. The zero-order valence-corrected chi connectivity index (χ0v) is 15.3. The van der Waals surface area contributed by atoms with Crippen molar-refractivity contribution in [2.24, 2.45) is 0 Å². The average Bonchev–Trinajstić information content (AvgIpc) is 2.38. The average molecular weight is 322 g/mol. The predicted octanol–water partition coefficient (Wildman–Crippen LogP) is -0.139. The van der Waals surface area contributed by atoms with Gasteiger partial charge in [-0.1, -0.05) is 44.7 Å². The maximum Gasteiger partial charge on any atom is 1.00 e. The standard InChI is InChI=1S/C14H20O5S.Na/c1-2-3-4-5-6-11-14(15)19-12-9-7-8-10-13(12)20(16,17)18;/h7-10H,2-6,11H2,1H3,(H,16,17,18);/q;+1/p-1. The van der Waals surface area contributed by atoms with E-state index in [1.165, 1.54) is 18.2 Å². The first-order valence-corrected chi connectivity index (χ1v) is 8.11. The summed E-state index contributed by atoms with van der Waals surface area (Å²) in [5.41, 5.74) is 0. The number of benzene rings is 1. The van der Waals surface area contributed by atoms with Crippen LogP contribution in [0.1, 0.15) is 45.4 Å². The number of carbonyl (C=O) groups excluding carboxylic acids is 1. The van der Waals surface area contributed by atoms with Gasteiger partial charge < -0.3 is 9.29 Å². The van der Waals surface area contributed by atoms with Crippen molar-refractivity contribution in [3.8, 4) is 5.75 Å². The summed E-state index contributed by atoms with van der Waals surface area (Å²) in [7, 11) is -4.64. The summed E-state index contributed by atoms with van der Waals surface area (Å²) in [5, 5.41) is 0. The van der Waals surface area contributed by atoms with E-state index >= 15 is 0 Å². The van der Waals surface area contributed by atoms with Crippen LogP contribution in [0.5, 0.6) is 5.75 Å².